The van der Waals surface area contributed by atoms with E-state index in [1.54, 1.807) is 18.1 Å². The number of aryl methyl sites for hydroxylation is 1. The number of aromatic nitrogens is 3. The summed E-state index contributed by atoms with van der Waals surface area (Å²) in [5.74, 6) is 0.497. The molecule has 1 aliphatic rings. The lowest BCUT2D eigenvalue weighted by Gasteiger charge is -2.34. The molecule has 0 atom stereocenters. The Balaban J connectivity index is 2.02. The molecular weight excluding hydrogens is 262 g/mol. The minimum Gasteiger partial charge on any atom is -0.392 e. The molecule has 0 radical (unpaired) electrons. The Morgan fingerprint density at radius 1 is 1.53 bits per heavy atom. The molecule has 19 heavy (non-hydrogen) atoms. The van der Waals surface area contributed by atoms with Crippen LogP contribution in [0.4, 0.5) is 0 Å². The Kier molecular flexibility index (Phi) is 4.14. The third-order valence-electron chi connectivity index (χ3n) is 3.67. The second kappa shape index (κ2) is 5.64. The van der Waals surface area contributed by atoms with Gasteiger partial charge in [0, 0.05) is 7.05 Å². The van der Waals surface area contributed by atoms with Gasteiger partial charge in [0.1, 0.15) is 6.33 Å². The van der Waals surface area contributed by atoms with Gasteiger partial charge in [0.25, 0.3) is 0 Å². The van der Waals surface area contributed by atoms with Crippen molar-refractivity contribution in [1.82, 2.24) is 20.1 Å². The molecule has 2 rings (SSSR count). The monoisotopic (exact) mass is 281 g/mol. The van der Waals surface area contributed by atoms with E-state index < -0.39 is 5.41 Å². The van der Waals surface area contributed by atoms with Gasteiger partial charge in [-0.2, -0.15) is 5.10 Å². The van der Waals surface area contributed by atoms with Crippen LogP contribution in [0.25, 0.3) is 0 Å². The predicted octanol–water partition coefficient (Wildman–Crippen LogP) is 0.668. The highest BCUT2D eigenvalue weighted by Crippen LogP contribution is 2.36. The van der Waals surface area contributed by atoms with E-state index in [1.807, 2.05) is 0 Å². The highest BCUT2D eigenvalue weighted by molar-refractivity contribution is 7.80. The van der Waals surface area contributed by atoms with Crippen LogP contribution in [0.5, 0.6) is 0 Å². The average Bonchev–Trinajstić information content (AvgIpc) is 2.82. The van der Waals surface area contributed by atoms with Crippen LogP contribution < -0.4 is 11.1 Å². The molecule has 104 valence electrons. The zero-order valence-electron chi connectivity index (χ0n) is 11.1. The largest absolute Gasteiger partial charge is 0.392 e. The number of hydrogen-bond donors (Lipinski definition) is 2. The maximum atomic E-state index is 12.4. The Bertz CT molecular complexity index is 478. The van der Waals surface area contributed by atoms with E-state index in [4.69, 9.17) is 18.0 Å². The van der Waals surface area contributed by atoms with Crippen molar-refractivity contribution < 1.29 is 4.79 Å². The molecule has 0 bridgehead atoms. The van der Waals surface area contributed by atoms with Gasteiger partial charge >= 0.3 is 0 Å². The van der Waals surface area contributed by atoms with Crippen molar-refractivity contribution in [2.75, 3.05) is 0 Å². The number of rotatable bonds is 4. The maximum absolute atomic E-state index is 12.4. The minimum atomic E-state index is -0.678. The number of hydrogen-bond acceptors (Lipinski definition) is 4. The van der Waals surface area contributed by atoms with Gasteiger partial charge in [-0.25, -0.2) is 4.98 Å². The van der Waals surface area contributed by atoms with Gasteiger partial charge in [-0.05, 0) is 12.8 Å². The molecule has 0 aromatic carbocycles. The van der Waals surface area contributed by atoms with Crippen LogP contribution in [0.3, 0.4) is 0 Å². The molecule has 0 saturated heterocycles. The topological polar surface area (TPSA) is 85.8 Å². The molecule has 1 amide bonds. The van der Waals surface area contributed by atoms with E-state index in [9.17, 15) is 4.79 Å². The van der Waals surface area contributed by atoms with Crippen LogP contribution in [0.1, 0.15) is 37.9 Å². The van der Waals surface area contributed by atoms with E-state index in [1.165, 1.54) is 0 Å². The molecule has 1 aromatic heterocycles. The number of carbonyl (C=O) groups is 1. The molecule has 1 aromatic rings. The first-order chi connectivity index (χ1) is 9.04. The van der Waals surface area contributed by atoms with Gasteiger partial charge in [0.05, 0.1) is 16.9 Å². The number of nitrogens with zero attached hydrogens (tertiary/aromatic N) is 3. The van der Waals surface area contributed by atoms with E-state index in [2.05, 4.69) is 15.4 Å². The maximum Gasteiger partial charge on any atom is 0.233 e. The molecule has 7 heteroatoms. The zero-order valence-corrected chi connectivity index (χ0v) is 11.9. The second-order valence-corrected chi connectivity index (χ2v) is 5.46. The van der Waals surface area contributed by atoms with Crippen molar-refractivity contribution in [1.29, 1.82) is 0 Å². The molecule has 6 nitrogen and oxygen atoms in total. The Hall–Kier alpha value is -1.50. The second-order valence-electron chi connectivity index (χ2n) is 5.02. The van der Waals surface area contributed by atoms with Crippen LogP contribution in [0.2, 0.25) is 0 Å². The van der Waals surface area contributed by atoms with Crippen LogP contribution in [0.15, 0.2) is 6.33 Å². The smallest absolute Gasteiger partial charge is 0.233 e. The van der Waals surface area contributed by atoms with Crippen molar-refractivity contribution in [2.24, 2.45) is 18.2 Å². The van der Waals surface area contributed by atoms with Gasteiger partial charge in [-0.15, -0.1) is 0 Å². The first-order valence-corrected chi connectivity index (χ1v) is 6.88. The van der Waals surface area contributed by atoms with Crippen molar-refractivity contribution in [3.05, 3.63) is 12.2 Å². The number of carbonyl (C=O) groups excluding carboxylic acids is 1. The summed E-state index contributed by atoms with van der Waals surface area (Å²) in [7, 11) is 1.79. The number of nitrogens with two attached hydrogens (primary N) is 1. The van der Waals surface area contributed by atoms with Gasteiger partial charge < -0.3 is 11.1 Å². The summed E-state index contributed by atoms with van der Waals surface area (Å²) < 4.78 is 1.60. The summed E-state index contributed by atoms with van der Waals surface area (Å²) in [6, 6.07) is 0. The Labute approximate surface area is 117 Å². The zero-order chi connectivity index (χ0) is 13.9. The van der Waals surface area contributed by atoms with E-state index in [0.717, 1.165) is 32.1 Å². The minimum absolute atomic E-state index is 0.0906. The molecule has 0 spiro atoms. The third-order valence-corrected chi connectivity index (χ3v) is 4.06. The number of thiocarbonyl (C=S) groups is 1. The highest BCUT2D eigenvalue weighted by atomic mass is 32.1. The van der Waals surface area contributed by atoms with Crippen LogP contribution in [-0.2, 0) is 18.4 Å². The van der Waals surface area contributed by atoms with E-state index >= 15 is 0 Å². The molecule has 1 aliphatic carbocycles. The normalized spacial score (nSPS) is 17.9. The molecule has 3 N–H and O–H groups in total. The Morgan fingerprint density at radius 3 is 2.74 bits per heavy atom. The highest BCUT2D eigenvalue weighted by Gasteiger charge is 2.42. The van der Waals surface area contributed by atoms with Crippen molar-refractivity contribution in [2.45, 2.75) is 38.6 Å². The van der Waals surface area contributed by atoms with Crippen molar-refractivity contribution in [3.8, 4) is 0 Å². The van der Waals surface area contributed by atoms with Gasteiger partial charge in [0.2, 0.25) is 5.91 Å². The summed E-state index contributed by atoms with van der Waals surface area (Å²) in [4.78, 5) is 16.8. The fourth-order valence-electron chi connectivity index (χ4n) is 2.53. The lowest BCUT2D eigenvalue weighted by molar-refractivity contribution is -0.129. The fourth-order valence-corrected chi connectivity index (χ4v) is 2.83. The van der Waals surface area contributed by atoms with Gasteiger partial charge in [-0.3, -0.25) is 9.48 Å². The standard InChI is InChI=1S/C12H19N5OS/c1-17-8-15-9(16-17)7-14-11(18)12(10(13)19)5-3-2-4-6-12/h8H,2-7H2,1H3,(H2,13,19)(H,14,18). The van der Waals surface area contributed by atoms with E-state index in [0.29, 0.717) is 17.4 Å². The van der Waals surface area contributed by atoms with E-state index in [-0.39, 0.29) is 5.91 Å². The van der Waals surface area contributed by atoms with Crippen molar-refractivity contribution in [3.63, 3.8) is 0 Å². The van der Waals surface area contributed by atoms with Crippen LogP contribution in [-0.4, -0.2) is 25.7 Å². The summed E-state index contributed by atoms with van der Waals surface area (Å²) >= 11 is 5.12. The first kappa shape index (κ1) is 13.9. The lowest BCUT2D eigenvalue weighted by atomic mass is 9.73. The fraction of sp³-hybridized carbons (Fsp3) is 0.667. The SMILES string of the molecule is Cn1cnc(CNC(=O)C2(C(N)=S)CCCCC2)n1. The molecule has 1 heterocycles. The van der Waals surface area contributed by atoms with Crippen LogP contribution >= 0.6 is 12.2 Å². The van der Waals surface area contributed by atoms with Gasteiger partial charge in [-0.1, -0.05) is 31.5 Å². The van der Waals surface area contributed by atoms with Gasteiger partial charge in [0.15, 0.2) is 5.82 Å². The van der Waals surface area contributed by atoms with Crippen LogP contribution in [0, 0.1) is 5.41 Å². The summed E-state index contributed by atoms with van der Waals surface area (Å²) in [5, 5.41) is 6.98. The lowest BCUT2D eigenvalue weighted by Crippen LogP contribution is -2.49. The summed E-state index contributed by atoms with van der Waals surface area (Å²) in [5.41, 5.74) is 5.13. The summed E-state index contributed by atoms with van der Waals surface area (Å²) in [6.45, 7) is 0.310. The molecule has 0 unspecified atom stereocenters. The molecule has 0 aliphatic heterocycles. The Morgan fingerprint density at radius 2 is 2.21 bits per heavy atom. The molecule has 1 saturated carbocycles. The predicted molar refractivity (Wildman–Crippen MR) is 75.2 cm³/mol. The summed E-state index contributed by atoms with van der Waals surface area (Å²) in [6.07, 6.45) is 6.21. The molecule has 1 fully saturated rings. The third kappa shape index (κ3) is 2.91. The first-order valence-electron chi connectivity index (χ1n) is 6.47. The average molecular weight is 281 g/mol. The molecular formula is C12H19N5OS. The quantitative estimate of drug-likeness (QED) is 0.792. The number of nitrogens with one attached hydrogen (secondary N) is 1. The van der Waals surface area contributed by atoms with Crippen molar-refractivity contribution >= 4 is 23.1 Å². The number of amides is 1.